The number of carbonyl (C=O) groups is 1. The summed E-state index contributed by atoms with van der Waals surface area (Å²) >= 11 is 0. The maximum atomic E-state index is 12.7. The lowest BCUT2D eigenvalue weighted by molar-refractivity contribution is -0.116. The molecule has 3 rings (SSSR count). The highest BCUT2D eigenvalue weighted by atomic mass is 32.2. The lowest BCUT2D eigenvalue weighted by Crippen LogP contribution is -2.15. The molecule has 33 heavy (non-hydrogen) atoms. The van der Waals surface area contributed by atoms with Crippen LogP contribution < -0.4 is 19.5 Å². The SMILES string of the molecule is COc1ccc(OCCCC(=O)Nc2ccc(S(=O)(=O)Nc3c(C)cccc3C)cc2)cc1. The van der Waals surface area contributed by atoms with Crippen LogP contribution in [-0.2, 0) is 14.8 Å². The molecule has 0 aliphatic carbocycles. The smallest absolute Gasteiger partial charge is 0.261 e. The molecule has 0 fully saturated rings. The Bertz CT molecular complexity index is 1170. The molecule has 0 saturated heterocycles. The van der Waals surface area contributed by atoms with Crippen molar-refractivity contribution in [1.82, 2.24) is 0 Å². The number of hydrogen-bond donors (Lipinski definition) is 2. The first-order valence-corrected chi connectivity index (χ1v) is 12.0. The molecule has 0 bridgehead atoms. The number of hydrogen-bond acceptors (Lipinski definition) is 5. The average molecular weight is 469 g/mol. The van der Waals surface area contributed by atoms with E-state index in [9.17, 15) is 13.2 Å². The number of rotatable bonds is 10. The van der Waals surface area contributed by atoms with Gasteiger partial charge >= 0.3 is 0 Å². The fourth-order valence-corrected chi connectivity index (χ4v) is 4.41. The fourth-order valence-electron chi connectivity index (χ4n) is 3.20. The van der Waals surface area contributed by atoms with E-state index >= 15 is 0 Å². The van der Waals surface area contributed by atoms with Gasteiger partial charge in [-0.05, 0) is 79.9 Å². The normalized spacial score (nSPS) is 11.0. The number of sulfonamides is 1. The Hall–Kier alpha value is -3.52. The number of benzene rings is 3. The van der Waals surface area contributed by atoms with Gasteiger partial charge in [-0.25, -0.2) is 8.42 Å². The Kier molecular flexibility index (Phi) is 7.95. The van der Waals surface area contributed by atoms with Crippen molar-refractivity contribution in [3.63, 3.8) is 0 Å². The summed E-state index contributed by atoms with van der Waals surface area (Å²) in [5, 5.41) is 2.78. The van der Waals surface area contributed by atoms with E-state index in [1.807, 2.05) is 56.3 Å². The second kappa shape index (κ2) is 10.9. The van der Waals surface area contributed by atoms with Crippen molar-refractivity contribution >= 4 is 27.3 Å². The molecule has 0 saturated carbocycles. The minimum absolute atomic E-state index is 0.121. The molecule has 8 heteroatoms. The van der Waals surface area contributed by atoms with Gasteiger partial charge < -0.3 is 14.8 Å². The maximum Gasteiger partial charge on any atom is 0.261 e. The van der Waals surface area contributed by atoms with Gasteiger partial charge in [0.15, 0.2) is 0 Å². The zero-order valence-corrected chi connectivity index (χ0v) is 19.7. The maximum absolute atomic E-state index is 12.7. The van der Waals surface area contributed by atoms with Crippen molar-refractivity contribution < 1.29 is 22.7 Å². The summed E-state index contributed by atoms with van der Waals surface area (Å²) in [5.74, 6) is 1.29. The molecule has 0 aliphatic heterocycles. The Labute approximate surface area is 194 Å². The Balaban J connectivity index is 1.49. The van der Waals surface area contributed by atoms with Gasteiger partial charge in [0, 0.05) is 12.1 Å². The van der Waals surface area contributed by atoms with E-state index in [1.165, 1.54) is 12.1 Å². The van der Waals surface area contributed by atoms with Gasteiger partial charge in [0.05, 0.1) is 24.3 Å². The summed E-state index contributed by atoms with van der Waals surface area (Å²) in [6.07, 6.45) is 0.828. The van der Waals surface area contributed by atoms with Gasteiger partial charge in [0.25, 0.3) is 10.0 Å². The molecule has 0 atom stereocenters. The molecule has 2 N–H and O–H groups in total. The van der Waals surface area contributed by atoms with E-state index in [1.54, 1.807) is 19.2 Å². The summed E-state index contributed by atoms with van der Waals surface area (Å²) in [5.41, 5.74) is 2.80. The first kappa shape index (κ1) is 24.1. The Morgan fingerprint density at radius 1 is 0.879 bits per heavy atom. The second-order valence-corrected chi connectivity index (χ2v) is 9.25. The van der Waals surface area contributed by atoms with Crippen molar-refractivity contribution in [2.45, 2.75) is 31.6 Å². The Morgan fingerprint density at radius 3 is 2.09 bits per heavy atom. The van der Waals surface area contributed by atoms with Crippen LogP contribution in [0.5, 0.6) is 11.5 Å². The quantitative estimate of drug-likeness (QED) is 0.412. The van der Waals surface area contributed by atoms with Gasteiger partial charge in [0.1, 0.15) is 11.5 Å². The van der Waals surface area contributed by atoms with E-state index in [0.717, 1.165) is 16.9 Å². The first-order valence-electron chi connectivity index (χ1n) is 10.5. The predicted octanol–water partition coefficient (Wildman–Crippen LogP) is 4.91. The van der Waals surface area contributed by atoms with Gasteiger partial charge in [0.2, 0.25) is 5.91 Å². The molecule has 0 aromatic heterocycles. The van der Waals surface area contributed by atoms with Gasteiger partial charge in [-0.2, -0.15) is 0 Å². The third-order valence-corrected chi connectivity index (χ3v) is 6.41. The van der Waals surface area contributed by atoms with Gasteiger partial charge in [-0.15, -0.1) is 0 Å². The van der Waals surface area contributed by atoms with Crippen LogP contribution in [0.2, 0.25) is 0 Å². The molecule has 0 unspecified atom stereocenters. The van der Waals surface area contributed by atoms with E-state index < -0.39 is 10.0 Å². The minimum atomic E-state index is -3.74. The number of amides is 1. The lowest BCUT2D eigenvalue weighted by atomic mass is 10.1. The van der Waals surface area contributed by atoms with Crippen LogP contribution in [0, 0.1) is 13.8 Å². The Morgan fingerprint density at radius 2 is 1.48 bits per heavy atom. The highest BCUT2D eigenvalue weighted by molar-refractivity contribution is 7.92. The third kappa shape index (κ3) is 6.73. The highest BCUT2D eigenvalue weighted by Gasteiger charge is 2.16. The van der Waals surface area contributed by atoms with Crippen LogP contribution in [0.1, 0.15) is 24.0 Å². The summed E-state index contributed by atoms with van der Waals surface area (Å²) in [4.78, 5) is 12.3. The molecule has 3 aromatic rings. The number of anilines is 2. The standard InChI is InChI=1S/C25H28N2O5S/c1-18-6-4-7-19(2)25(18)27-33(29,30)23-15-9-20(10-16-23)26-24(28)8-5-17-32-22-13-11-21(31-3)12-14-22/h4,6-7,9-16,27H,5,8,17H2,1-3H3,(H,26,28). The lowest BCUT2D eigenvalue weighted by Gasteiger charge is -2.13. The zero-order valence-electron chi connectivity index (χ0n) is 18.9. The number of para-hydroxylation sites is 1. The summed E-state index contributed by atoms with van der Waals surface area (Å²) in [6, 6.07) is 18.9. The zero-order chi connectivity index (χ0) is 23.8. The second-order valence-electron chi connectivity index (χ2n) is 7.57. The number of methoxy groups -OCH3 is 1. The van der Waals surface area contributed by atoms with Crippen molar-refractivity contribution in [1.29, 1.82) is 0 Å². The molecule has 174 valence electrons. The van der Waals surface area contributed by atoms with Crippen LogP contribution >= 0.6 is 0 Å². The number of ether oxygens (including phenoxy) is 2. The largest absolute Gasteiger partial charge is 0.497 e. The predicted molar refractivity (Wildman–Crippen MR) is 130 cm³/mol. The average Bonchev–Trinajstić information content (AvgIpc) is 2.80. The minimum Gasteiger partial charge on any atom is -0.497 e. The van der Waals surface area contributed by atoms with Crippen molar-refractivity contribution in [3.8, 4) is 11.5 Å². The third-order valence-electron chi connectivity index (χ3n) is 5.04. The molecular formula is C25H28N2O5S. The van der Waals surface area contributed by atoms with E-state index in [0.29, 0.717) is 30.2 Å². The van der Waals surface area contributed by atoms with E-state index in [2.05, 4.69) is 10.0 Å². The van der Waals surface area contributed by atoms with Crippen LogP contribution in [0.25, 0.3) is 0 Å². The molecule has 7 nitrogen and oxygen atoms in total. The first-order chi connectivity index (χ1) is 15.8. The molecule has 0 spiro atoms. The summed E-state index contributed by atoms with van der Waals surface area (Å²) in [6.45, 7) is 4.11. The monoisotopic (exact) mass is 468 g/mol. The van der Waals surface area contributed by atoms with Crippen molar-refractivity contribution in [2.75, 3.05) is 23.8 Å². The van der Waals surface area contributed by atoms with Gasteiger partial charge in [-0.1, -0.05) is 18.2 Å². The van der Waals surface area contributed by atoms with Crippen LogP contribution in [-0.4, -0.2) is 28.0 Å². The molecule has 0 aliphatic rings. The van der Waals surface area contributed by atoms with E-state index in [4.69, 9.17) is 9.47 Å². The number of nitrogens with one attached hydrogen (secondary N) is 2. The van der Waals surface area contributed by atoms with Gasteiger partial charge in [-0.3, -0.25) is 9.52 Å². The highest BCUT2D eigenvalue weighted by Crippen LogP contribution is 2.24. The van der Waals surface area contributed by atoms with Crippen molar-refractivity contribution in [3.05, 3.63) is 77.9 Å². The van der Waals surface area contributed by atoms with Crippen LogP contribution in [0.3, 0.4) is 0 Å². The topological polar surface area (TPSA) is 93.7 Å². The summed E-state index contributed by atoms with van der Waals surface area (Å²) in [7, 11) is -2.14. The van der Waals surface area contributed by atoms with Crippen LogP contribution in [0.4, 0.5) is 11.4 Å². The number of aryl methyl sites for hydroxylation is 2. The molecule has 1 amide bonds. The fraction of sp³-hybridized carbons (Fsp3) is 0.240. The van der Waals surface area contributed by atoms with Crippen molar-refractivity contribution in [2.24, 2.45) is 0 Å². The molecule has 0 heterocycles. The molecular weight excluding hydrogens is 440 g/mol. The van der Waals surface area contributed by atoms with Crippen LogP contribution in [0.15, 0.2) is 71.6 Å². The molecule has 0 radical (unpaired) electrons. The molecule has 3 aromatic carbocycles. The van der Waals surface area contributed by atoms with E-state index in [-0.39, 0.29) is 17.2 Å². The summed E-state index contributed by atoms with van der Waals surface area (Å²) < 4.78 is 38.9. The number of carbonyl (C=O) groups excluding carboxylic acids is 1.